The Morgan fingerprint density at radius 3 is 2.33 bits per heavy atom. The molecule has 0 radical (unpaired) electrons. The Kier molecular flexibility index (Phi) is 4.45. The van der Waals surface area contributed by atoms with E-state index >= 15 is 0 Å². The quantitative estimate of drug-likeness (QED) is 0.821. The highest BCUT2D eigenvalue weighted by atomic mass is 14.9. The highest BCUT2D eigenvalue weighted by molar-refractivity contribution is 5.31. The predicted molar refractivity (Wildman–Crippen MR) is 78.9 cm³/mol. The molecule has 1 nitrogen and oxygen atoms in total. The van der Waals surface area contributed by atoms with Gasteiger partial charge in [-0.05, 0) is 63.1 Å². The second-order valence-electron chi connectivity index (χ2n) is 6.07. The van der Waals surface area contributed by atoms with Crippen molar-refractivity contribution >= 4 is 0 Å². The summed E-state index contributed by atoms with van der Waals surface area (Å²) in [6, 6.07) is 7.93. The van der Waals surface area contributed by atoms with Crippen molar-refractivity contribution < 1.29 is 0 Å². The molecule has 0 spiro atoms. The van der Waals surface area contributed by atoms with E-state index in [1.807, 2.05) is 0 Å². The lowest BCUT2D eigenvalue weighted by Crippen LogP contribution is -2.34. The van der Waals surface area contributed by atoms with Crippen LogP contribution in [0.1, 0.15) is 62.3 Å². The monoisotopic (exact) mass is 245 g/mol. The molecule has 0 heterocycles. The summed E-state index contributed by atoms with van der Waals surface area (Å²) < 4.78 is 0. The zero-order chi connectivity index (χ0) is 13.1. The van der Waals surface area contributed by atoms with Crippen LogP contribution in [0.5, 0.6) is 0 Å². The molecule has 0 aliphatic heterocycles. The normalized spacial score (nSPS) is 20.0. The third-order valence-electron chi connectivity index (χ3n) is 4.65. The van der Waals surface area contributed by atoms with Crippen LogP contribution in [0.3, 0.4) is 0 Å². The molecule has 0 amide bonds. The first-order valence-corrected chi connectivity index (χ1v) is 7.41. The fourth-order valence-electron chi connectivity index (χ4n) is 3.12. The molecule has 1 saturated carbocycles. The molecule has 100 valence electrons. The fourth-order valence-corrected chi connectivity index (χ4v) is 3.12. The highest BCUT2D eigenvalue weighted by Crippen LogP contribution is 2.29. The second kappa shape index (κ2) is 5.88. The molecule has 1 aromatic carbocycles. The topological polar surface area (TPSA) is 12.0 Å². The number of hydrogen-bond donors (Lipinski definition) is 1. The standard InChI is InChI=1S/C17H27N/c1-12-9-10-17(11-13(12)2)15(4)18-14(3)16-7-5-6-8-16/h9-11,14-16,18H,5-8H2,1-4H3/t14-,15?/m0/s1. The lowest BCUT2D eigenvalue weighted by atomic mass is 9.97. The van der Waals surface area contributed by atoms with Gasteiger partial charge in [0.05, 0.1) is 0 Å². The van der Waals surface area contributed by atoms with E-state index in [1.165, 1.54) is 42.4 Å². The molecule has 1 N–H and O–H groups in total. The molecule has 0 aromatic heterocycles. The van der Waals surface area contributed by atoms with E-state index in [9.17, 15) is 0 Å². The van der Waals surface area contributed by atoms with E-state index in [2.05, 4.69) is 51.2 Å². The maximum Gasteiger partial charge on any atom is 0.0294 e. The summed E-state index contributed by atoms with van der Waals surface area (Å²) in [6.45, 7) is 9.02. The SMILES string of the molecule is Cc1ccc(C(C)N[C@@H](C)C2CCCC2)cc1C. The average molecular weight is 245 g/mol. The Bertz CT molecular complexity index is 391. The second-order valence-corrected chi connectivity index (χ2v) is 6.07. The van der Waals surface area contributed by atoms with E-state index in [0.717, 1.165) is 5.92 Å². The fraction of sp³-hybridized carbons (Fsp3) is 0.647. The zero-order valence-corrected chi connectivity index (χ0v) is 12.3. The number of nitrogens with one attached hydrogen (secondary N) is 1. The number of aryl methyl sites for hydroxylation is 2. The van der Waals surface area contributed by atoms with Gasteiger partial charge in [-0.1, -0.05) is 31.0 Å². The lowest BCUT2D eigenvalue weighted by molar-refractivity contribution is 0.352. The van der Waals surface area contributed by atoms with Crippen LogP contribution in [0.2, 0.25) is 0 Å². The first-order valence-electron chi connectivity index (χ1n) is 7.41. The summed E-state index contributed by atoms with van der Waals surface area (Å²) in [7, 11) is 0. The Labute approximate surface area is 112 Å². The van der Waals surface area contributed by atoms with Gasteiger partial charge >= 0.3 is 0 Å². The summed E-state index contributed by atoms with van der Waals surface area (Å²) in [5.74, 6) is 0.888. The van der Waals surface area contributed by atoms with Crippen molar-refractivity contribution in [3.8, 4) is 0 Å². The molecular weight excluding hydrogens is 218 g/mol. The molecule has 2 atom stereocenters. The van der Waals surface area contributed by atoms with Crippen LogP contribution < -0.4 is 5.32 Å². The number of rotatable bonds is 4. The van der Waals surface area contributed by atoms with E-state index in [-0.39, 0.29) is 0 Å². The Hall–Kier alpha value is -0.820. The lowest BCUT2D eigenvalue weighted by Gasteiger charge is -2.25. The molecule has 1 heteroatoms. The molecule has 1 aliphatic rings. The molecule has 1 fully saturated rings. The molecular formula is C17H27N. The van der Waals surface area contributed by atoms with Crippen molar-refractivity contribution in [1.29, 1.82) is 0 Å². The van der Waals surface area contributed by atoms with Crippen LogP contribution in [0, 0.1) is 19.8 Å². The average Bonchev–Trinajstić information content (AvgIpc) is 2.86. The maximum absolute atomic E-state index is 3.78. The Balaban J connectivity index is 1.97. The molecule has 1 unspecified atom stereocenters. The van der Waals surface area contributed by atoms with E-state index in [0.29, 0.717) is 12.1 Å². The van der Waals surface area contributed by atoms with Crippen LogP contribution in [-0.2, 0) is 0 Å². The zero-order valence-electron chi connectivity index (χ0n) is 12.3. The van der Waals surface area contributed by atoms with Gasteiger partial charge in [0.15, 0.2) is 0 Å². The van der Waals surface area contributed by atoms with Crippen molar-refractivity contribution in [1.82, 2.24) is 5.32 Å². The Morgan fingerprint density at radius 2 is 1.72 bits per heavy atom. The molecule has 2 rings (SSSR count). The Morgan fingerprint density at radius 1 is 1.06 bits per heavy atom. The smallest absolute Gasteiger partial charge is 0.0294 e. The van der Waals surface area contributed by atoms with Gasteiger partial charge in [-0.25, -0.2) is 0 Å². The van der Waals surface area contributed by atoms with Crippen molar-refractivity contribution in [2.75, 3.05) is 0 Å². The van der Waals surface area contributed by atoms with Crippen LogP contribution in [0.4, 0.5) is 0 Å². The van der Waals surface area contributed by atoms with Gasteiger partial charge < -0.3 is 5.32 Å². The third kappa shape index (κ3) is 3.14. The maximum atomic E-state index is 3.78. The van der Waals surface area contributed by atoms with Crippen molar-refractivity contribution in [2.24, 2.45) is 5.92 Å². The predicted octanol–water partition coefficient (Wildman–Crippen LogP) is 4.53. The molecule has 18 heavy (non-hydrogen) atoms. The van der Waals surface area contributed by atoms with Gasteiger partial charge in [0.25, 0.3) is 0 Å². The van der Waals surface area contributed by atoms with Crippen LogP contribution in [0.25, 0.3) is 0 Å². The third-order valence-corrected chi connectivity index (χ3v) is 4.65. The van der Waals surface area contributed by atoms with Gasteiger partial charge in [0.1, 0.15) is 0 Å². The van der Waals surface area contributed by atoms with Gasteiger partial charge in [-0.15, -0.1) is 0 Å². The molecule has 1 aromatic rings. The summed E-state index contributed by atoms with van der Waals surface area (Å²) in [5, 5.41) is 3.78. The summed E-state index contributed by atoms with van der Waals surface area (Å²) in [4.78, 5) is 0. The first kappa shape index (κ1) is 13.6. The largest absolute Gasteiger partial charge is 0.307 e. The minimum absolute atomic E-state index is 0.458. The number of benzene rings is 1. The number of hydrogen-bond acceptors (Lipinski definition) is 1. The van der Waals surface area contributed by atoms with Crippen molar-refractivity contribution in [3.63, 3.8) is 0 Å². The summed E-state index contributed by atoms with van der Waals surface area (Å²) in [5.41, 5.74) is 4.20. The first-order chi connectivity index (χ1) is 8.58. The highest BCUT2D eigenvalue weighted by Gasteiger charge is 2.22. The summed E-state index contributed by atoms with van der Waals surface area (Å²) >= 11 is 0. The molecule has 0 bridgehead atoms. The minimum Gasteiger partial charge on any atom is -0.307 e. The van der Waals surface area contributed by atoms with Crippen LogP contribution in [-0.4, -0.2) is 6.04 Å². The molecule has 1 aliphatic carbocycles. The summed E-state index contributed by atoms with van der Waals surface area (Å²) in [6.07, 6.45) is 5.67. The van der Waals surface area contributed by atoms with Gasteiger partial charge in [-0.2, -0.15) is 0 Å². The van der Waals surface area contributed by atoms with Gasteiger partial charge in [-0.3, -0.25) is 0 Å². The van der Waals surface area contributed by atoms with Crippen molar-refractivity contribution in [3.05, 3.63) is 34.9 Å². The van der Waals surface area contributed by atoms with Crippen molar-refractivity contribution in [2.45, 2.75) is 65.5 Å². The van der Waals surface area contributed by atoms with E-state index in [1.54, 1.807) is 0 Å². The molecule has 0 saturated heterocycles. The van der Waals surface area contributed by atoms with Gasteiger partial charge in [0, 0.05) is 12.1 Å². The van der Waals surface area contributed by atoms with Crippen LogP contribution in [0.15, 0.2) is 18.2 Å². The van der Waals surface area contributed by atoms with Gasteiger partial charge in [0.2, 0.25) is 0 Å². The minimum atomic E-state index is 0.458. The van der Waals surface area contributed by atoms with Crippen LogP contribution >= 0.6 is 0 Å². The van der Waals surface area contributed by atoms with E-state index in [4.69, 9.17) is 0 Å². The van der Waals surface area contributed by atoms with E-state index < -0.39 is 0 Å².